The SMILES string of the molecule is Cc1cc(C)c(C(=O)NC(C)CN)c(C)c1. The fourth-order valence-electron chi connectivity index (χ4n) is 1.89. The minimum Gasteiger partial charge on any atom is -0.348 e. The minimum absolute atomic E-state index is 0.00704. The first-order valence-electron chi connectivity index (χ1n) is 5.54. The molecule has 1 amide bonds. The van der Waals surface area contributed by atoms with E-state index in [2.05, 4.69) is 5.32 Å². The van der Waals surface area contributed by atoms with Crippen molar-refractivity contribution in [1.29, 1.82) is 0 Å². The van der Waals surface area contributed by atoms with E-state index in [1.807, 2.05) is 39.8 Å². The predicted octanol–water partition coefficient (Wildman–Crippen LogP) is 1.69. The van der Waals surface area contributed by atoms with Crippen molar-refractivity contribution in [2.45, 2.75) is 33.7 Å². The second kappa shape index (κ2) is 5.12. The van der Waals surface area contributed by atoms with Crippen LogP contribution in [-0.4, -0.2) is 18.5 Å². The van der Waals surface area contributed by atoms with Crippen LogP contribution in [0.4, 0.5) is 0 Å². The van der Waals surface area contributed by atoms with Gasteiger partial charge >= 0.3 is 0 Å². The molecule has 0 bridgehead atoms. The van der Waals surface area contributed by atoms with Gasteiger partial charge in [0.1, 0.15) is 0 Å². The van der Waals surface area contributed by atoms with E-state index in [9.17, 15) is 4.79 Å². The summed E-state index contributed by atoms with van der Waals surface area (Å²) in [6.07, 6.45) is 0. The molecule has 0 spiro atoms. The molecular weight excluding hydrogens is 200 g/mol. The van der Waals surface area contributed by atoms with Crippen LogP contribution in [0.5, 0.6) is 0 Å². The highest BCUT2D eigenvalue weighted by molar-refractivity contribution is 5.97. The van der Waals surface area contributed by atoms with Crippen LogP contribution in [0.15, 0.2) is 12.1 Å². The molecule has 1 unspecified atom stereocenters. The van der Waals surface area contributed by atoms with Crippen LogP contribution in [0.3, 0.4) is 0 Å². The molecule has 0 saturated heterocycles. The lowest BCUT2D eigenvalue weighted by atomic mass is 9.99. The molecule has 0 aliphatic heterocycles. The lowest BCUT2D eigenvalue weighted by Gasteiger charge is -2.15. The summed E-state index contributed by atoms with van der Waals surface area (Å²) in [4.78, 5) is 12.0. The summed E-state index contributed by atoms with van der Waals surface area (Å²) in [5, 5.41) is 2.88. The summed E-state index contributed by atoms with van der Waals surface area (Å²) in [5.41, 5.74) is 9.46. The third kappa shape index (κ3) is 2.83. The largest absolute Gasteiger partial charge is 0.348 e. The van der Waals surface area contributed by atoms with Crippen LogP contribution in [-0.2, 0) is 0 Å². The number of benzene rings is 1. The summed E-state index contributed by atoms with van der Waals surface area (Å²) < 4.78 is 0. The Morgan fingerprint density at radius 2 is 1.81 bits per heavy atom. The zero-order chi connectivity index (χ0) is 12.3. The molecule has 3 heteroatoms. The van der Waals surface area contributed by atoms with Gasteiger partial charge in [0, 0.05) is 18.2 Å². The molecule has 0 heterocycles. The lowest BCUT2D eigenvalue weighted by molar-refractivity contribution is 0.0940. The monoisotopic (exact) mass is 220 g/mol. The van der Waals surface area contributed by atoms with Crippen molar-refractivity contribution in [1.82, 2.24) is 5.32 Å². The molecule has 88 valence electrons. The van der Waals surface area contributed by atoms with Crippen LogP contribution in [0.1, 0.15) is 34.0 Å². The van der Waals surface area contributed by atoms with E-state index < -0.39 is 0 Å². The summed E-state index contributed by atoms with van der Waals surface area (Å²) in [7, 11) is 0. The van der Waals surface area contributed by atoms with E-state index in [-0.39, 0.29) is 11.9 Å². The van der Waals surface area contributed by atoms with Crippen molar-refractivity contribution in [3.8, 4) is 0 Å². The van der Waals surface area contributed by atoms with E-state index in [1.54, 1.807) is 0 Å². The van der Waals surface area contributed by atoms with E-state index >= 15 is 0 Å². The molecule has 3 N–H and O–H groups in total. The summed E-state index contributed by atoms with van der Waals surface area (Å²) in [6, 6.07) is 4.05. The maximum absolute atomic E-state index is 12.0. The maximum atomic E-state index is 12.0. The van der Waals surface area contributed by atoms with Crippen molar-refractivity contribution in [2.24, 2.45) is 5.73 Å². The number of aryl methyl sites for hydroxylation is 3. The molecule has 0 aliphatic rings. The van der Waals surface area contributed by atoms with E-state index in [0.29, 0.717) is 6.54 Å². The van der Waals surface area contributed by atoms with Gasteiger partial charge in [-0.2, -0.15) is 0 Å². The van der Waals surface area contributed by atoms with E-state index in [1.165, 1.54) is 5.56 Å². The molecule has 0 aromatic heterocycles. The zero-order valence-electron chi connectivity index (χ0n) is 10.4. The zero-order valence-corrected chi connectivity index (χ0v) is 10.4. The Hall–Kier alpha value is -1.35. The van der Waals surface area contributed by atoms with Gasteiger partial charge in [-0.3, -0.25) is 4.79 Å². The first kappa shape index (κ1) is 12.7. The summed E-state index contributed by atoms with van der Waals surface area (Å²) in [5.74, 6) is -0.0343. The van der Waals surface area contributed by atoms with Crippen molar-refractivity contribution in [3.05, 3.63) is 34.4 Å². The van der Waals surface area contributed by atoms with Crippen LogP contribution < -0.4 is 11.1 Å². The number of hydrogen-bond donors (Lipinski definition) is 2. The minimum atomic E-state index is -0.0343. The molecule has 0 aliphatic carbocycles. The molecule has 1 aromatic rings. The Morgan fingerprint density at radius 3 is 2.25 bits per heavy atom. The van der Waals surface area contributed by atoms with Crippen molar-refractivity contribution < 1.29 is 4.79 Å². The highest BCUT2D eigenvalue weighted by atomic mass is 16.1. The van der Waals surface area contributed by atoms with Gasteiger partial charge in [-0.05, 0) is 38.8 Å². The molecule has 0 saturated carbocycles. The van der Waals surface area contributed by atoms with Gasteiger partial charge in [-0.15, -0.1) is 0 Å². The van der Waals surface area contributed by atoms with Gasteiger partial charge in [0.2, 0.25) is 0 Å². The smallest absolute Gasteiger partial charge is 0.252 e. The molecule has 1 rings (SSSR count). The number of carbonyl (C=O) groups is 1. The summed E-state index contributed by atoms with van der Waals surface area (Å²) >= 11 is 0. The highest BCUT2D eigenvalue weighted by Crippen LogP contribution is 2.16. The number of nitrogens with one attached hydrogen (secondary N) is 1. The predicted molar refractivity (Wildman–Crippen MR) is 66.6 cm³/mol. The van der Waals surface area contributed by atoms with Crippen LogP contribution in [0.2, 0.25) is 0 Å². The van der Waals surface area contributed by atoms with Gasteiger partial charge in [0.15, 0.2) is 0 Å². The maximum Gasteiger partial charge on any atom is 0.252 e. The Labute approximate surface area is 97.0 Å². The van der Waals surface area contributed by atoms with Gasteiger partial charge < -0.3 is 11.1 Å². The van der Waals surface area contributed by atoms with Gasteiger partial charge in [-0.1, -0.05) is 17.7 Å². The average Bonchev–Trinajstić information content (AvgIpc) is 2.15. The third-order valence-electron chi connectivity index (χ3n) is 2.64. The topological polar surface area (TPSA) is 55.1 Å². The van der Waals surface area contributed by atoms with Crippen molar-refractivity contribution >= 4 is 5.91 Å². The van der Waals surface area contributed by atoms with Gasteiger partial charge in [0.25, 0.3) is 5.91 Å². The summed E-state index contributed by atoms with van der Waals surface area (Å²) in [6.45, 7) is 8.31. The quantitative estimate of drug-likeness (QED) is 0.814. The Morgan fingerprint density at radius 1 is 1.31 bits per heavy atom. The van der Waals surface area contributed by atoms with Crippen LogP contribution in [0, 0.1) is 20.8 Å². The number of amides is 1. The molecule has 1 atom stereocenters. The Bertz CT molecular complexity index is 376. The first-order valence-corrected chi connectivity index (χ1v) is 5.54. The van der Waals surface area contributed by atoms with Gasteiger partial charge in [-0.25, -0.2) is 0 Å². The molecular formula is C13H20N2O. The molecule has 0 radical (unpaired) electrons. The van der Waals surface area contributed by atoms with E-state index in [0.717, 1.165) is 16.7 Å². The van der Waals surface area contributed by atoms with Crippen LogP contribution in [0.25, 0.3) is 0 Å². The number of nitrogens with two attached hydrogens (primary N) is 1. The number of rotatable bonds is 3. The van der Waals surface area contributed by atoms with Crippen LogP contribution >= 0.6 is 0 Å². The second-order valence-corrected chi connectivity index (χ2v) is 4.38. The highest BCUT2D eigenvalue weighted by Gasteiger charge is 2.14. The van der Waals surface area contributed by atoms with Crippen molar-refractivity contribution in [3.63, 3.8) is 0 Å². The number of carbonyl (C=O) groups excluding carboxylic acids is 1. The van der Waals surface area contributed by atoms with Gasteiger partial charge in [0.05, 0.1) is 0 Å². The van der Waals surface area contributed by atoms with E-state index in [4.69, 9.17) is 5.73 Å². The fourth-order valence-corrected chi connectivity index (χ4v) is 1.89. The Kier molecular flexibility index (Phi) is 4.07. The number of hydrogen-bond acceptors (Lipinski definition) is 2. The average molecular weight is 220 g/mol. The molecule has 3 nitrogen and oxygen atoms in total. The normalized spacial score (nSPS) is 12.3. The standard InChI is InChI=1S/C13H20N2O/c1-8-5-9(2)12(10(3)6-8)13(16)15-11(4)7-14/h5-6,11H,7,14H2,1-4H3,(H,15,16). The Balaban J connectivity index is 3.00. The molecule has 0 fully saturated rings. The second-order valence-electron chi connectivity index (χ2n) is 4.38. The van der Waals surface area contributed by atoms with Crippen molar-refractivity contribution in [2.75, 3.05) is 6.54 Å². The first-order chi connectivity index (χ1) is 7.45. The lowest BCUT2D eigenvalue weighted by Crippen LogP contribution is -2.38. The molecule has 16 heavy (non-hydrogen) atoms. The third-order valence-corrected chi connectivity index (χ3v) is 2.64. The molecule has 1 aromatic carbocycles. The fraction of sp³-hybridized carbons (Fsp3) is 0.462.